The smallest absolute Gasteiger partial charge is 0.305 e. The van der Waals surface area contributed by atoms with Crippen LogP contribution in [0.4, 0.5) is 0 Å². The molecule has 0 radical (unpaired) electrons. The fraction of sp³-hybridized carbons (Fsp3) is 0.375. The summed E-state index contributed by atoms with van der Waals surface area (Å²) in [5.74, 6) is -1.36. The molecule has 136 valence electrons. The van der Waals surface area contributed by atoms with Gasteiger partial charge in [-0.05, 0) is 24.3 Å². The van der Waals surface area contributed by atoms with Gasteiger partial charge in [-0.25, -0.2) is 13.1 Å². The molecule has 1 aromatic rings. The number of aliphatic carboxylic acids is 1. The predicted molar refractivity (Wildman–Crippen MR) is 89.7 cm³/mol. The van der Waals surface area contributed by atoms with Crippen LogP contribution in [0, 0.1) is 0 Å². The highest BCUT2D eigenvalue weighted by Crippen LogP contribution is 2.17. The minimum atomic E-state index is -3.66. The number of carbonyl (C=O) groups is 2. The topological polar surface area (TPSA) is 113 Å². The Balaban J connectivity index is 2.16. The summed E-state index contributed by atoms with van der Waals surface area (Å²) >= 11 is 0. The van der Waals surface area contributed by atoms with Gasteiger partial charge in [-0.2, -0.15) is 0 Å². The molecule has 1 saturated heterocycles. The number of carboxylic acids is 1. The second-order valence-corrected chi connectivity index (χ2v) is 7.26. The molecule has 8 nitrogen and oxygen atoms in total. The van der Waals surface area contributed by atoms with Crippen molar-refractivity contribution in [2.24, 2.45) is 0 Å². The van der Waals surface area contributed by atoms with Crippen molar-refractivity contribution in [3.8, 4) is 0 Å². The van der Waals surface area contributed by atoms with Gasteiger partial charge in [0.05, 0.1) is 30.6 Å². The van der Waals surface area contributed by atoms with Gasteiger partial charge in [-0.1, -0.05) is 6.08 Å². The van der Waals surface area contributed by atoms with Gasteiger partial charge in [-0.15, -0.1) is 6.58 Å². The molecule has 1 fully saturated rings. The fourth-order valence-electron chi connectivity index (χ4n) is 2.49. The number of hydrogen-bond donors (Lipinski definition) is 2. The van der Waals surface area contributed by atoms with Gasteiger partial charge in [0.15, 0.2) is 0 Å². The largest absolute Gasteiger partial charge is 0.481 e. The van der Waals surface area contributed by atoms with Crippen LogP contribution in [-0.2, 0) is 19.6 Å². The minimum absolute atomic E-state index is 0.0370. The zero-order valence-corrected chi connectivity index (χ0v) is 14.4. The summed E-state index contributed by atoms with van der Waals surface area (Å²) in [6, 6.07) is 4.96. The van der Waals surface area contributed by atoms with Crippen LogP contribution in [0.5, 0.6) is 0 Å². The molecule has 0 aromatic heterocycles. The number of ether oxygens (including phenoxy) is 1. The Morgan fingerprint density at radius 3 is 2.64 bits per heavy atom. The molecule has 2 N–H and O–H groups in total. The van der Waals surface area contributed by atoms with Gasteiger partial charge in [0, 0.05) is 18.7 Å². The zero-order valence-electron chi connectivity index (χ0n) is 13.6. The summed E-state index contributed by atoms with van der Waals surface area (Å²) in [5, 5.41) is 8.96. The molecule has 1 aromatic carbocycles. The van der Waals surface area contributed by atoms with E-state index in [0.29, 0.717) is 12.2 Å². The van der Waals surface area contributed by atoms with Crippen molar-refractivity contribution in [2.45, 2.75) is 17.4 Å². The second-order valence-electron chi connectivity index (χ2n) is 5.49. The third-order valence-electron chi connectivity index (χ3n) is 3.73. The molecular weight excluding hydrogens is 348 g/mol. The van der Waals surface area contributed by atoms with E-state index in [-0.39, 0.29) is 36.9 Å². The Hall–Kier alpha value is -2.23. The van der Waals surface area contributed by atoms with Gasteiger partial charge in [0.25, 0.3) is 5.91 Å². The molecule has 1 unspecified atom stereocenters. The average Bonchev–Trinajstić information content (AvgIpc) is 2.59. The molecule has 1 aliphatic heterocycles. The normalized spacial score (nSPS) is 17.9. The fourth-order valence-corrected chi connectivity index (χ4v) is 3.49. The number of amides is 1. The summed E-state index contributed by atoms with van der Waals surface area (Å²) in [7, 11) is -3.66. The lowest BCUT2D eigenvalue weighted by atomic mass is 10.1. The number of nitrogens with zero attached hydrogens (tertiary/aromatic N) is 1. The van der Waals surface area contributed by atoms with Crippen molar-refractivity contribution >= 4 is 21.9 Å². The van der Waals surface area contributed by atoms with E-state index in [1.807, 2.05) is 0 Å². The van der Waals surface area contributed by atoms with Crippen LogP contribution in [0.1, 0.15) is 16.8 Å². The molecule has 1 amide bonds. The standard InChI is InChI=1S/C16H20N2O6S/c1-2-7-17-25(22,23)14-5-3-12(4-6-14)16(21)18-8-9-24-11-13(18)10-15(19)20/h2-6,13,17H,1,7-11H2,(H,19,20). The maximum absolute atomic E-state index is 12.6. The van der Waals surface area contributed by atoms with E-state index in [1.165, 1.54) is 35.2 Å². The molecule has 1 heterocycles. The van der Waals surface area contributed by atoms with E-state index >= 15 is 0 Å². The maximum Gasteiger partial charge on any atom is 0.305 e. The Morgan fingerprint density at radius 2 is 2.04 bits per heavy atom. The van der Waals surface area contributed by atoms with Gasteiger partial charge in [0.1, 0.15) is 0 Å². The van der Waals surface area contributed by atoms with E-state index in [4.69, 9.17) is 9.84 Å². The first-order chi connectivity index (χ1) is 11.8. The maximum atomic E-state index is 12.6. The zero-order chi connectivity index (χ0) is 18.4. The van der Waals surface area contributed by atoms with E-state index in [1.54, 1.807) is 0 Å². The van der Waals surface area contributed by atoms with Crippen molar-refractivity contribution in [2.75, 3.05) is 26.3 Å². The predicted octanol–water partition coefficient (Wildman–Crippen LogP) is 0.467. The molecule has 0 bridgehead atoms. The highest BCUT2D eigenvalue weighted by Gasteiger charge is 2.30. The Morgan fingerprint density at radius 1 is 1.36 bits per heavy atom. The van der Waals surface area contributed by atoms with Crippen molar-refractivity contribution in [1.29, 1.82) is 0 Å². The SMILES string of the molecule is C=CCNS(=O)(=O)c1ccc(C(=O)N2CCOCC2CC(=O)O)cc1. The quantitative estimate of drug-likeness (QED) is 0.677. The summed E-state index contributed by atoms with van der Waals surface area (Å²) in [6.07, 6.45) is 1.22. The minimum Gasteiger partial charge on any atom is -0.481 e. The number of carboxylic acid groups (broad SMARTS) is 1. The molecule has 0 aliphatic carbocycles. The van der Waals surface area contributed by atoms with E-state index < -0.39 is 22.0 Å². The first-order valence-electron chi connectivity index (χ1n) is 7.66. The molecule has 1 atom stereocenters. The van der Waals surface area contributed by atoms with Crippen LogP contribution >= 0.6 is 0 Å². The monoisotopic (exact) mass is 368 g/mol. The number of carbonyl (C=O) groups excluding carboxylic acids is 1. The first kappa shape index (κ1) is 19.1. The number of rotatable bonds is 7. The lowest BCUT2D eigenvalue weighted by Crippen LogP contribution is -2.49. The molecular formula is C16H20N2O6S. The highest BCUT2D eigenvalue weighted by molar-refractivity contribution is 7.89. The molecule has 0 saturated carbocycles. The van der Waals surface area contributed by atoms with Crippen molar-refractivity contribution in [1.82, 2.24) is 9.62 Å². The van der Waals surface area contributed by atoms with Crippen LogP contribution in [0.2, 0.25) is 0 Å². The number of benzene rings is 1. The summed E-state index contributed by atoms with van der Waals surface area (Å²) < 4.78 is 31.6. The van der Waals surface area contributed by atoms with E-state index in [2.05, 4.69) is 11.3 Å². The molecule has 25 heavy (non-hydrogen) atoms. The van der Waals surface area contributed by atoms with E-state index in [0.717, 1.165) is 0 Å². The summed E-state index contributed by atoms with van der Waals surface area (Å²) in [6.45, 7) is 4.33. The first-order valence-corrected chi connectivity index (χ1v) is 9.14. The third-order valence-corrected chi connectivity index (χ3v) is 5.17. The number of sulfonamides is 1. The van der Waals surface area contributed by atoms with Gasteiger partial charge in [-0.3, -0.25) is 9.59 Å². The molecule has 0 spiro atoms. The van der Waals surface area contributed by atoms with Gasteiger partial charge < -0.3 is 14.7 Å². The Kier molecular flexibility index (Phi) is 6.29. The van der Waals surface area contributed by atoms with Gasteiger partial charge >= 0.3 is 5.97 Å². The van der Waals surface area contributed by atoms with Crippen LogP contribution in [0.3, 0.4) is 0 Å². The van der Waals surface area contributed by atoms with Crippen molar-refractivity contribution < 1.29 is 27.9 Å². The van der Waals surface area contributed by atoms with Crippen molar-refractivity contribution in [3.63, 3.8) is 0 Å². The summed E-state index contributed by atoms with van der Waals surface area (Å²) in [4.78, 5) is 25.1. The molecule has 1 aliphatic rings. The second kappa shape index (κ2) is 8.24. The molecule has 9 heteroatoms. The van der Waals surface area contributed by atoms with Crippen molar-refractivity contribution in [3.05, 3.63) is 42.5 Å². The lowest BCUT2D eigenvalue weighted by molar-refractivity contribution is -0.139. The van der Waals surface area contributed by atoms with Crippen LogP contribution in [0.15, 0.2) is 41.8 Å². The van der Waals surface area contributed by atoms with Crippen LogP contribution in [0.25, 0.3) is 0 Å². The Bertz CT molecular complexity index is 744. The average molecular weight is 368 g/mol. The van der Waals surface area contributed by atoms with Gasteiger partial charge in [0.2, 0.25) is 10.0 Å². The third kappa shape index (κ3) is 4.88. The van der Waals surface area contributed by atoms with Crippen LogP contribution < -0.4 is 4.72 Å². The Labute approximate surface area is 146 Å². The molecule has 2 rings (SSSR count). The lowest BCUT2D eigenvalue weighted by Gasteiger charge is -2.34. The summed E-state index contributed by atoms with van der Waals surface area (Å²) in [5.41, 5.74) is 0.292. The van der Waals surface area contributed by atoms with E-state index in [9.17, 15) is 18.0 Å². The number of hydrogen-bond acceptors (Lipinski definition) is 5. The van der Waals surface area contributed by atoms with Crippen LogP contribution in [-0.4, -0.2) is 62.6 Å². The highest BCUT2D eigenvalue weighted by atomic mass is 32.2. The number of nitrogens with one attached hydrogen (secondary N) is 1. The number of morpholine rings is 1.